The van der Waals surface area contributed by atoms with Crippen molar-refractivity contribution < 1.29 is 33.3 Å². The SMILES string of the molecule is CC(C)Cc1cc(-c2[c-]cccc2)ncc1[Si](C)(C)C.CC(C)c1ccnc(-c2[c-]cc(F)c3c2oc2cc(F)ccc23)c1.[Ir]. The van der Waals surface area contributed by atoms with Crippen molar-refractivity contribution >= 4 is 35.2 Å². The molecule has 0 aliphatic heterocycles. The Hall–Kier alpha value is -3.51. The van der Waals surface area contributed by atoms with Gasteiger partial charge in [0, 0.05) is 49.8 Å². The smallest absolute Gasteiger partial charge is 0.126 e. The number of nitrogens with zero attached hydrogens (tertiary/aromatic N) is 2. The van der Waals surface area contributed by atoms with Gasteiger partial charge in [0.2, 0.25) is 0 Å². The molecule has 6 aromatic rings. The molecular formula is C38H38F2IrN2OSi-2. The van der Waals surface area contributed by atoms with Crippen molar-refractivity contribution in [2.24, 2.45) is 5.92 Å². The molecule has 0 fully saturated rings. The van der Waals surface area contributed by atoms with Crippen LogP contribution in [0, 0.1) is 29.7 Å². The first-order valence-corrected chi connectivity index (χ1v) is 18.6. The van der Waals surface area contributed by atoms with E-state index in [0.717, 1.165) is 23.2 Å². The maximum atomic E-state index is 14.3. The average Bonchev–Trinajstić information content (AvgIpc) is 3.36. The molecule has 0 saturated carbocycles. The largest absolute Gasteiger partial charge is 0.500 e. The third-order valence-corrected chi connectivity index (χ3v) is 9.65. The molecule has 0 unspecified atom stereocenters. The number of rotatable bonds is 6. The molecule has 1 radical (unpaired) electrons. The van der Waals surface area contributed by atoms with Crippen molar-refractivity contribution in [2.45, 2.75) is 59.7 Å². The van der Waals surface area contributed by atoms with Gasteiger partial charge in [-0.05, 0) is 58.4 Å². The average molecular weight is 797 g/mol. The molecular weight excluding hydrogens is 759 g/mol. The molecule has 0 aliphatic carbocycles. The molecule has 6 rings (SSSR count). The van der Waals surface area contributed by atoms with Crippen LogP contribution in [0.25, 0.3) is 44.5 Å². The van der Waals surface area contributed by atoms with E-state index in [-0.39, 0.29) is 20.1 Å². The number of hydrogen-bond donors (Lipinski definition) is 0. The van der Waals surface area contributed by atoms with Gasteiger partial charge in [0.05, 0.1) is 13.7 Å². The molecule has 45 heavy (non-hydrogen) atoms. The van der Waals surface area contributed by atoms with Gasteiger partial charge in [-0.15, -0.1) is 48.0 Å². The first kappa shape index (κ1) is 34.4. The summed E-state index contributed by atoms with van der Waals surface area (Å²) in [6.45, 7) is 15.9. The molecule has 7 heteroatoms. The molecule has 3 nitrogen and oxygen atoms in total. The van der Waals surface area contributed by atoms with Crippen molar-refractivity contribution in [3.63, 3.8) is 0 Å². The molecule has 0 aliphatic rings. The molecule has 0 spiro atoms. The van der Waals surface area contributed by atoms with Crippen LogP contribution in [-0.4, -0.2) is 18.0 Å². The minimum Gasteiger partial charge on any atom is -0.500 e. The summed E-state index contributed by atoms with van der Waals surface area (Å²) in [5.41, 5.74) is 6.60. The summed E-state index contributed by atoms with van der Waals surface area (Å²) in [7, 11) is -1.34. The fourth-order valence-electron chi connectivity index (χ4n) is 5.37. The van der Waals surface area contributed by atoms with Crippen molar-refractivity contribution in [1.29, 1.82) is 0 Å². The zero-order valence-corrected chi connectivity index (χ0v) is 30.2. The fraction of sp³-hybridized carbons (Fsp3) is 0.263. The van der Waals surface area contributed by atoms with Gasteiger partial charge in [0.15, 0.2) is 0 Å². The van der Waals surface area contributed by atoms with Crippen LogP contribution in [-0.2, 0) is 26.5 Å². The monoisotopic (exact) mass is 797 g/mol. The summed E-state index contributed by atoms with van der Waals surface area (Å²) in [5, 5.41) is 2.36. The summed E-state index contributed by atoms with van der Waals surface area (Å²) >= 11 is 0. The van der Waals surface area contributed by atoms with Crippen LogP contribution in [0.1, 0.15) is 44.7 Å². The number of furan rings is 1. The van der Waals surface area contributed by atoms with E-state index in [0.29, 0.717) is 45.0 Å². The van der Waals surface area contributed by atoms with Crippen molar-refractivity contribution in [1.82, 2.24) is 9.97 Å². The summed E-state index contributed by atoms with van der Waals surface area (Å²) in [6, 6.07) is 25.8. The Labute approximate surface area is 279 Å². The Morgan fingerprint density at radius 3 is 2.33 bits per heavy atom. The van der Waals surface area contributed by atoms with Crippen LogP contribution in [0.15, 0.2) is 83.5 Å². The van der Waals surface area contributed by atoms with Gasteiger partial charge in [0.1, 0.15) is 11.4 Å². The molecule has 235 valence electrons. The topological polar surface area (TPSA) is 38.9 Å². The second-order valence-corrected chi connectivity index (χ2v) is 18.0. The van der Waals surface area contributed by atoms with Gasteiger partial charge in [-0.3, -0.25) is 4.39 Å². The Morgan fingerprint density at radius 1 is 0.889 bits per heavy atom. The third kappa shape index (κ3) is 7.83. The molecule has 3 heterocycles. The van der Waals surface area contributed by atoms with E-state index < -0.39 is 19.7 Å². The zero-order chi connectivity index (χ0) is 31.6. The van der Waals surface area contributed by atoms with Crippen LogP contribution in [0.5, 0.6) is 0 Å². The predicted molar refractivity (Wildman–Crippen MR) is 180 cm³/mol. The molecule has 0 amide bonds. The van der Waals surface area contributed by atoms with E-state index in [2.05, 4.69) is 87.8 Å². The Bertz CT molecular complexity index is 1910. The molecule has 3 aromatic heterocycles. The third-order valence-electron chi connectivity index (χ3n) is 7.58. The maximum absolute atomic E-state index is 14.3. The Kier molecular flexibility index (Phi) is 10.9. The summed E-state index contributed by atoms with van der Waals surface area (Å²) in [6.07, 6.45) is 4.96. The number of fused-ring (bicyclic) bond motifs is 3. The van der Waals surface area contributed by atoms with Gasteiger partial charge in [-0.25, -0.2) is 4.39 Å². The predicted octanol–water partition coefficient (Wildman–Crippen LogP) is 10.1. The normalized spacial score (nSPS) is 11.5. The molecule has 0 saturated heterocycles. The van der Waals surface area contributed by atoms with E-state index >= 15 is 0 Å². The minimum atomic E-state index is -1.34. The molecule has 0 N–H and O–H groups in total. The minimum absolute atomic E-state index is 0. The summed E-state index contributed by atoms with van der Waals surface area (Å²) < 4.78 is 33.6. The van der Waals surface area contributed by atoms with E-state index in [9.17, 15) is 8.78 Å². The number of pyridine rings is 2. The first-order valence-electron chi connectivity index (χ1n) is 15.1. The van der Waals surface area contributed by atoms with E-state index in [1.54, 1.807) is 6.20 Å². The van der Waals surface area contributed by atoms with Crippen LogP contribution in [0.4, 0.5) is 8.78 Å². The van der Waals surface area contributed by atoms with Gasteiger partial charge in [-0.1, -0.05) is 76.2 Å². The molecule has 0 atom stereocenters. The van der Waals surface area contributed by atoms with Crippen LogP contribution < -0.4 is 5.19 Å². The zero-order valence-electron chi connectivity index (χ0n) is 26.8. The van der Waals surface area contributed by atoms with E-state index in [4.69, 9.17) is 4.42 Å². The number of benzene rings is 3. The van der Waals surface area contributed by atoms with Gasteiger partial charge >= 0.3 is 0 Å². The van der Waals surface area contributed by atoms with Crippen LogP contribution in [0.3, 0.4) is 0 Å². The molecule has 3 aromatic carbocycles. The van der Waals surface area contributed by atoms with Crippen molar-refractivity contribution in [3.8, 4) is 22.5 Å². The number of halogens is 2. The summed E-state index contributed by atoms with van der Waals surface area (Å²) in [5.74, 6) is 0.138. The van der Waals surface area contributed by atoms with Gasteiger partial charge < -0.3 is 14.4 Å². The Balaban J connectivity index is 0.000000204. The van der Waals surface area contributed by atoms with Crippen LogP contribution in [0.2, 0.25) is 19.6 Å². The van der Waals surface area contributed by atoms with Crippen LogP contribution >= 0.6 is 0 Å². The molecule has 0 bridgehead atoms. The second kappa shape index (κ2) is 14.3. The second-order valence-electron chi connectivity index (χ2n) is 12.9. The van der Waals surface area contributed by atoms with Gasteiger partial charge in [0.25, 0.3) is 0 Å². The Morgan fingerprint density at radius 2 is 1.67 bits per heavy atom. The van der Waals surface area contributed by atoms with E-state index in [1.165, 1.54) is 35.0 Å². The number of hydrogen-bond acceptors (Lipinski definition) is 3. The quantitative estimate of drug-likeness (QED) is 0.125. The van der Waals surface area contributed by atoms with Gasteiger partial charge in [-0.2, -0.15) is 0 Å². The van der Waals surface area contributed by atoms with Crippen molar-refractivity contribution in [3.05, 3.63) is 114 Å². The fourth-order valence-corrected chi connectivity index (χ4v) is 6.96. The first-order chi connectivity index (χ1) is 20.9. The number of aromatic nitrogens is 2. The van der Waals surface area contributed by atoms with Crippen molar-refractivity contribution in [2.75, 3.05) is 0 Å². The standard InChI is InChI=1S/C20H14F2NO.C18H24NSi.Ir/c1-11(2)12-7-8-23-17(9-12)14-5-6-16(22)19-15-4-3-13(21)10-18(15)24-20(14)19;1-14(2)11-16-12-17(15-9-7-6-8-10-15)19-13-18(16)20(3,4)5;/h3-4,6-11H,1-2H3;6-9,12-14H,11H2,1-5H3;/q2*-1;. The van der Waals surface area contributed by atoms with E-state index in [1.807, 2.05) is 30.3 Å². The maximum Gasteiger partial charge on any atom is 0.126 e. The summed E-state index contributed by atoms with van der Waals surface area (Å²) in [4.78, 5) is 9.06.